The molecule has 1 atom stereocenters. The Morgan fingerprint density at radius 3 is 2.41 bits per heavy atom. The number of aryl methyl sites for hydroxylation is 1. The van der Waals surface area contributed by atoms with Gasteiger partial charge in [-0.15, -0.1) is 0 Å². The molecule has 0 aliphatic carbocycles. The lowest BCUT2D eigenvalue weighted by molar-refractivity contribution is -0.119. The first-order chi connectivity index (χ1) is 20.9. The third kappa shape index (κ3) is 4.69. The Balaban J connectivity index is 1.28. The molecule has 1 aliphatic rings. The van der Waals surface area contributed by atoms with E-state index < -0.39 is 47.0 Å². The molecule has 3 amide bonds. The Kier molecular flexibility index (Phi) is 6.83. The van der Waals surface area contributed by atoms with Crippen molar-refractivity contribution in [3.8, 4) is 17.3 Å². The fourth-order valence-corrected chi connectivity index (χ4v) is 4.97. The largest absolute Gasteiger partial charge is 0.433 e. The van der Waals surface area contributed by atoms with Crippen molar-refractivity contribution in [3.05, 3.63) is 89.1 Å². The Hall–Kier alpha value is -5.66. The number of hydrogen-bond acceptors (Lipinski definition) is 7. The van der Waals surface area contributed by atoms with Crippen molar-refractivity contribution < 1.29 is 32.3 Å². The molecule has 1 saturated heterocycles. The van der Waals surface area contributed by atoms with Crippen LogP contribution in [-0.4, -0.2) is 43.5 Å². The van der Waals surface area contributed by atoms with Crippen LogP contribution in [0.25, 0.3) is 16.6 Å². The second kappa shape index (κ2) is 10.6. The molecule has 1 aliphatic heterocycles. The maximum absolute atomic E-state index is 15.1. The smallest absolute Gasteiger partial charge is 0.329 e. The lowest BCUT2D eigenvalue weighted by Gasteiger charge is -2.15. The maximum Gasteiger partial charge on any atom is 0.329 e. The van der Waals surface area contributed by atoms with Crippen LogP contribution in [0.4, 0.5) is 29.5 Å². The molecule has 1 fully saturated rings. The summed E-state index contributed by atoms with van der Waals surface area (Å²) >= 11 is 0. The summed E-state index contributed by atoms with van der Waals surface area (Å²) in [7, 11) is 0. The van der Waals surface area contributed by atoms with E-state index in [0.29, 0.717) is 22.2 Å². The van der Waals surface area contributed by atoms with E-state index >= 15 is 4.39 Å². The summed E-state index contributed by atoms with van der Waals surface area (Å²) in [5.74, 6) is -4.62. The number of rotatable bonds is 7. The number of anilines is 2. The van der Waals surface area contributed by atoms with Gasteiger partial charge in [0.05, 0.1) is 35.0 Å². The molecule has 1 unspecified atom stereocenters. The molecular formula is C30H24F3N7O4. The van der Waals surface area contributed by atoms with Crippen LogP contribution in [0.15, 0.2) is 54.9 Å². The number of nitrogens with zero attached hydrogens (tertiary/aromatic N) is 4. The van der Waals surface area contributed by atoms with Crippen molar-refractivity contribution in [2.45, 2.75) is 26.8 Å². The lowest BCUT2D eigenvalue weighted by Crippen LogP contribution is -2.34. The van der Waals surface area contributed by atoms with Gasteiger partial charge >= 0.3 is 6.03 Å². The fraction of sp³-hybridized carbons (Fsp3) is 0.167. The van der Waals surface area contributed by atoms with Crippen LogP contribution in [0.1, 0.15) is 35.5 Å². The minimum atomic E-state index is -0.890. The number of pyridine rings is 1. The molecular weight excluding hydrogens is 579 g/mol. The molecule has 0 saturated carbocycles. The third-order valence-corrected chi connectivity index (χ3v) is 7.27. The van der Waals surface area contributed by atoms with Crippen molar-refractivity contribution >= 4 is 40.1 Å². The normalized spacial score (nSPS) is 15.0. The summed E-state index contributed by atoms with van der Waals surface area (Å²) in [6.07, 6.45) is 2.58. The molecule has 0 radical (unpaired) electrons. The van der Waals surface area contributed by atoms with E-state index in [-0.39, 0.29) is 34.6 Å². The summed E-state index contributed by atoms with van der Waals surface area (Å²) in [6, 6.07) is 7.07. The topological polar surface area (TPSA) is 148 Å². The number of fused-ring (bicyclic) bond motifs is 1. The number of para-hydroxylation sites is 1. The molecule has 4 N–H and O–H groups in total. The molecule has 2 aromatic carbocycles. The standard InChI is InChI=1S/C30H24F3N7O4/c1-13(2)25-29(42)39(30(43)38-25)22-10-20-15(8-19(22)33)9-21(37-20)26(41)16-11-36-40(28(16)34)23-12-35-24(7-14(23)3)44-27-17(31)5-4-6-18(27)32/h4-13,25,37H,34H2,1-3H3,(H,38,43). The number of benzene rings is 2. The number of hydrogen-bond donors (Lipinski definition) is 3. The number of amides is 3. The molecule has 224 valence electrons. The number of nitrogens with two attached hydrogens (primary N) is 1. The minimum absolute atomic E-state index is 0.0271. The number of halogens is 3. The average molecular weight is 604 g/mol. The second-order valence-corrected chi connectivity index (χ2v) is 10.6. The number of ether oxygens (including phenoxy) is 1. The zero-order valence-electron chi connectivity index (χ0n) is 23.5. The van der Waals surface area contributed by atoms with Gasteiger partial charge in [0.2, 0.25) is 17.4 Å². The predicted octanol–water partition coefficient (Wildman–Crippen LogP) is 5.16. The monoisotopic (exact) mass is 603 g/mol. The van der Waals surface area contributed by atoms with Crippen LogP contribution in [0.5, 0.6) is 11.6 Å². The van der Waals surface area contributed by atoms with Gasteiger partial charge in [0.1, 0.15) is 17.7 Å². The fourth-order valence-electron chi connectivity index (χ4n) is 4.97. The highest BCUT2D eigenvalue weighted by Gasteiger charge is 2.41. The molecule has 44 heavy (non-hydrogen) atoms. The number of carbonyl (C=O) groups is 3. The number of carbonyl (C=O) groups excluding carboxylic acids is 3. The summed E-state index contributed by atoms with van der Waals surface area (Å²) in [5, 5.41) is 7.10. The van der Waals surface area contributed by atoms with Crippen LogP contribution in [0, 0.1) is 30.3 Å². The zero-order chi connectivity index (χ0) is 31.4. The van der Waals surface area contributed by atoms with Gasteiger partial charge in [0, 0.05) is 17.0 Å². The van der Waals surface area contributed by atoms with E-state index in [9.17, 15) is 23.2 Å². The molecule has 4 heterocycles. The van der Waals surface area contributed by atoms with Crippen molar-refractivity contribution in [2.24, 2.45) is 5.92 Å². The number of aromatic amines is 1. The quantitative estimate of drug-likeness (QED) is 0.172. The average Bonchev–Trinajstić information content (AvgIpc) is 3.64. The van der Waals surface area contributed by atoms with Gasteiger partial charge < -0.3 is 20.8 Å². The van der Waals surface area contributed by atoms with E-state index in [1.165, 1.54) is 41.3 Å². The van der Waals surface area contributed by atoms with Gasteiger partial charge in [-0.2, -0.15) is 5.10 Å². The number of urea groups is 1. The van der Waals surface area contributed by atoms with Crippen molar-refractivity contribution in [1.82, 2.24) is 25.1 Å². The highest BCUT2D eigenvalue weighted by Crippen LogP contribution is 2.32. The first-order valence-corrected chi connectivity index (χ1v) is 13.4. The van der Waals surface area contributed by atoms with Crippen molar-refractivity contribution in [3.63, 3.8) is 0 Å². The molecule has 3 aromatic heterocycles. The SMILES string of the molecule is Cc1cc(Oc2c(F)cccc2F)ncc1-n1ncc(C(=O)c2cc3cc(F)c(N4C(=O)NC(C(C)C)C4=O)cc3[nH]2)c1N. The van der Waals surface area contributed by atoms with Gasteiger partial charge in [0.15, 0.2) is 11.6 Å². The van der Waals surface area contributed by atoms with E-state index in [4.69, 9.17) is 10.5 Å². The van der Waals surface area contributed by atoms with E-state index in [1.807, 2.05) is 0 Å². The molecule has 14 heteroatoms. The van der Waals surface area contributed by atoms with Crippen molar-refractivity contribution in [2.75, 3.05) is 10.6 Å². The van der Waals surface area contributed by atoms with Crippen LogP contribution < -0.4 is 20.7 Å². The molecule has 0 bridgehead atoms. The Labute approximate surface area is 247 Å². The van der Waals surface area contributed by atoms with Crippen LogP contribution in [-0.2, 0) is 4.79 Å². The Morgan fingerprint density at radius 1 is 1.02 bits per heavy atom. The first kappa shape index (κ1) is 28.5. The highest BCUT2D eigenvalue weighted by molar-refractivity contribution is 6.22. The Bertz CT molecular complexity index is 1980. The van der Waals surface area contributed by atoms with Crippen LogP contribution in [0.3, 0.4) is 0 Å². The van der Waals surface area contributed by atoms with Gasteiger partial charge in [-0.25, -0.2) is 32.5 Å². The minimum Gasteiger partial charge on any atom is -0.433 e. The van der Waals surface area contributed by atoms with Gasteiger partial charge in [-0.1, -0.05) is 19.9 Å². The second-order valence-electron chi connectivity index (χ2n) is 10.6. The molecule has 11 nitrogen and oxygen atoms in total. The van der Waals surface area contributed by atoms with Crippen LogP contribution >= 0.6 is 0 Å². The van der Waals surface area contributed by atoms with Gasteiger partial charge in [-0.3, -0.25) is 9.59 Å². The summed E-state index contributed by atoms with van der Waals surface area (Å²) in [4.78, 5) is 46.5. The number of ketones is 1. The summed E-state index contributed by atoms with van der Waals surface area (Å²) in [6.45, 7) is 5.20. The van der Waals surface area contributed by atoms with E-state index in [1.54, 1.807) is 20.8 Å². The number of H-pyrrole nitrogens is 1. The number of aromatic nitrogens is 4. The molecule has 0 spiro atoms. The lowest BCUT2D eigenvalue weighted by atomic mass is 10.0. The summed E-state index contributed by atoms with van der Waals surface area (Å²) in [5.41, 5.74) is 7.35. The van der Waals surface area contributed by atoms with Crippen molar-refractivity contribution in [1.29, 1.82) is 0 Å². The highest BCUT2D eigenvalue weighted by atomic mass is 19.1. The van der Waals surface area contributed by atoms with Gasteiger partial charge in [0.25, 0.3) is 5.91 Å². The predicted molar refractivity (Wildman–Crippen MR) is 153 cm³/mol. The third-order valence-electron chi connectivity index (χ3n) is 7.27. The number of nitrogen functional groups attached to an aromatic ring is 1. The summed E-state index contributed by atoms with van der Waals surface area (Å²) < 4.78 is 49.7. The molecule has 5 aromatic rings. The van der Waals surface area contributed by atoms with E-state index in [2.05, 4.69) is 20.4 Å². The maximum atomic E-state index is 15.1. The van der Waals surface area contributed by atoms with E-state index in [0.717, 1.165) is 23.1 Å². The first-order valence-electron chi connectivity index (χ1n) is 13.4. The number of nitrogens with one attached hydrogen (secondary N) is 2. The van der Waals surface area contributed by atoms with Gasteiger partial charge in [-0.05, 0) is 48.7 Å². The Morgan fingerprint density at radius 2 is 1.75 bits per heavy atom. The molecule has 6 rings (SSSR count). The van der Waals surface area contributed by atoms with Crippen LogP contribution in [0.2, 0.25) is 0 Å². The number of imide groups is 1. The zero-order valence-corrected chi connectivity index (χ0v) is 23.5.